The summed E-state index contributed by atoms with van der Waals surface area (Å²) < 4.78 is 61.9. The number of halogens is 3. The molecule has 10 heteroatoms. The first-order valence-corrected chi connectivity index (χ1v) is 6.75. The van der Waals surface area contributed by atoms with Crippen molar-refractivity contribution in [2.24, 2.45) is 0 Å². The van der Waals surface area contributed by atoms with E-state index in [-0.39, 0.29) is 0 Å². The minimum atomic E-state index is -4.64. The van der Waals surface area contributed by atoms with Crippen LogP contribution < -0.4 is 0 Å². The molecule has 6 nitrogen and oxygen atoms in total. The molecule has 0 saturated carbocycles. The summed E-state index contributed by atoms with van der Waals surface area (Å²) >= 11 is 0. The summed E-state index contributed by atoms with van der Waals surface area (Å²) in [5.74, 6) is 0. The molecule has 0 aliphatic carbocycles. The summed E-state index contributed by atoms with van der Waals surface area (Å²) in [6.07, 6.45) is -3.83. The molecule has 102 valence electrons. The van der Waals surface area contributed by atoms with Crippen molar-refractivity contribution in [2.75, 3.05) is 6.26 Å². The molecule has 2 rings (SSSR count). The highest BCUT2D eigenvalue weighted by atomic mass is 32.2. The number of nitrogens with zero attached hydrogens (tertiary/aromatic N) is 4. The van der Waals surface area contributed by atoms with E-state index < -0.39 is 32.4 Å². The molecule has 0 aliphatic rings. The average molecular weight is 292 g/mol. The fourth-order valence-corrected chi connectivity index (χ4v) is 2.09. The Balaban J connectivity index is 2.72. The van der Waals surface area contributed by atoms with Gasteiger partial charge in [-0.05, 0) is 22.6 Å². The molecule has 0 amide bonds. The van der Waals surface area contributed by atoms with Crippen LogP contribution in [-0.2, 0) is 16.0 Å². The largest absolute Gasteiger partial charge is 0.418 e. The van der Waals surface area contributed by atoms with Crippen LogP contribution in [0.1, 0.15) is 5.56 Å². The summed E-state index contributed by atoms with van der Waals surface area (Å²) in [5.41, 5.74) is -1.47. The number of para-hydroxylation sites is 1. The highest BCUT2D eigenvalue weighted by molar-refractivity contribution is 7.90. The maximum absolute atomic E-state index is 12.8. The lowest BCUT2D eigenvalue weighted by atomic mass is 10.2. The van der Waals surface area contributed by atoms with Gasteiger partial charge in [0, 0.05) is 6.26 Å². The number of hydrogen-bond acceptors (Lipinski definition) is 5. The zero-order valence-electron chi connectivity index (χ0n) is 9.46. The van der Waals surface area contributed by atoms with E-state index in [0.717, 1.165) is 18.4 Å². The van der Waals surface area contributed by atoms with Gasteiger partial charge < -0.3 is 0 Å². The molecule has 0 N–H and O–H groups in total. The summed E-state index contributed by atoms with van der Waals surface area (Å²) in [6.45, 7) is 0. The highest BCUT2D eigenvalue weighted by Crippen LogP contribution is 2.33. The van der Waals surface area contributed by atoms with Gasteiger partial charge in [-0.15, -0.1) is 0 Å². The quantitative estimate of drug-likeness (QED) is 0.828. The van der Waals surface area contributed by atoms with Crippen molar-refractivity contribution in [1.82, 2.24) is 20.2 Å². The molecule has 0 saturated heterocycles. The van der Waals surface area contributed by atoms with E-state index in [1.165, 1.54) is 12.1 Å². The third kappa shape index (κ3) is 2.57. The van der Waals surface area contributed by atoms with Gasteiger partial charge in [0.1, 0.15) is 0 Å². The third-order valence-electron chi connectivity index (χ3n) is 2.21. The molecule has 0 radical (unpaired) electrons. The number of sulfone groups is 1. The standard InChI is InChI=1S/C9H7F3N4O2S/c1-19(17,18)8-13-14-15-16(8)7-5-3-2-4-6(7)9(10,11)12/h2-5H,1H3. The molecule has 0 bridgehead atoms. The molecule has 0 fully saturated rings. The maximum atomic E-state index is 12.8. The lowest BCUT2D eigenvalue weighted by molar-refractivity contribution is -0.137. The molecule has 0 aliphatic heterocycles. The Morgan fingerprint density at radius 3 is 2.42 bits per heavy atom. The van der Waals surface area contributed by atoms with Gasteiger partial charge in [-0.1, -0.05) is 17.2 Å². The smallest absolute Gasteiger partial charge is 0.221 e. The molecule has 0 unspecified atom stereocenters. The summed E-state index contributed by atoms with van der Waals surface area (Å²) in [5, 5.41) is 8.99. The van der Waals surface area contributed by atoms with Crippen LogP contribution in [0.25, 0.3) is 5.69 Å². The first kappa shape index (κ1) is 13.5. The van der Waals surface area contributed by atoms with Gasteiger partial charge in [0.15, 0.2) is 0 Å². The van der Waals surface area contributed by atoms with E-state index in [0.29, 0.717) is 4.68 Å². The summed E-state index contributed by atoms with van der Waals surface area (Å²) in [4.78, 5) is 0. The number of tetrazole rings is 1. The Morgan fingerprint density at radius 2 is 1.84 bits per heavy atom. The maximum Gasteiger partial charge on any atom is 0.418 e. The van der Waals surface area contributed by atoms with E-state index in [1.807, 2.05) is 0 Å². The second kappa shape index (κ2) is 4.30. The number of rotatable bonds is 2. The van der Waals surface area contributed by atoms with E-state index in [1.54, 1.807) is 0 Å². The predicted molar refractivity (Wildman–Crippen MR) is 57.3 cm³/mol. The number of hydrogen-bond donors (Lipinski definition) is 0. The molecular formula is C9H7F3N4O2S. The van der Waals surface area contributed by atoms with Crippen molar-refractivity contribution in [3.63, 3.8) is 0 Å². The Bertz CT molecular complexity index is 708. The molecule has 0 spiro atoms. The molecule has 1 aromatic heterocycles. The van der Waals surface area contributed by atoms with Crippen LogP contribution in [0.4, 0.5) is 13.2 Å². The van der Waals surface area contributed by atoms with Gasteiger partial charge in [-0.2, -0.15) is 17.9 Å². The lowest BCUT2D eigenvalue weighted by Gasteiger charge is -2.12. The summed E-state index contributed by atoms with van der Waals surface area (Å²) in [7, 11) is -3.84. The predicted octanol–water partition coefficient (Wildman–Crippen LogP) is 1.08. The molecule has 0 atom stereocenters. The van der Waals surface area contributed by atoms with Gasteiger partial charge in [0.25, 0.3) is 5.16 Å². The molecular weight excluding hydrogens is 285 g/mol. The summed E-state index contributed by atoms with van der Waals surface area (Å²) in [6, 6.07) is 4.44. The van der Waals surface area contributed by atoms with E-state index in [4.69, 9.17) is 0 Å². The van der Waals surface area contributed by atoms with Crippen molar-refractivity contribution < 1.29 is 21.6 Å². The van der Waals surface area contributed by atoms with Crippen LogP contribution in [0.2, 0.25) is 0 Å². The number of aromatic nitrogens is 4. The van der Waals surface area contributed by atoms with Crippen LogP contribution >= 0.6 is 0 Å². The van der Waals surface area contributed by atoms with Crippen molar-refractivity contribution in [2.45, 2.75) is 11.3 Å². The second-order valence-electron chi connectivity index (χ2n) is 3.66. The normalized spacial score (nSPS) is 12.6. The Hall–Kier alpha value is -1.97. The van der Waals surface area contributed by atoms with Crippen molar-refractivity contribution in [3.05, 3.63) is 29.8 Å². The number of benzene rings is 1. The SMILES string of the molecule is CS(=O)(=O)c1nnnn1-c1ccccc1C(F)(F)F. The van der Waals surface area contributed by atoms with E-state index in [9.17, 15) is 21.6 Å². The molecule has 19 heavy (non-hydrogen) atoms. The first-order valence-electron chi connectivity index (χ1n) is 4.86. The lowest BCUT2D eigenvalue weighted by Crippen LogP contribution is -2.15. The fourth-order valence-electron chi connectivity index (χ4n) is 1.46. The molecule has 1 heterocycles. The topological polar surface area (TPSA) is 77.7 Å². The van der Waals surface area contributed by atoms with Crippen molar-refractivity contribution >= 4 is 9.84 Å². The van der Waals surface area contributed by atoms with Crippen LogP contribution in [0.3, 0.4) is 0 Å². The van der Waals surface area contributed by atoms with Gasteiger partial charge in [-0.3, -0.25) is 0 Å². The minimum Gasteiger partial charge on any atom is -0.221 e. The van der Waals surface area contributed by atoms with Crippen molar-refractivity contribution in [1.29, 1.82) is 0 Å². The molecule has 1 aromatic carbocycles. The van der Waals surface area contributed by atoms with Gasteiger partial charge in [0.05, 0.1) is 11.3 Å². The first-order chi connectivity index (χ1) is 8.71. The zero-order valence-corrected chi connectivity index (χ0v) is 10.3. The van der Waals surface area contributed by atoms with Crippen molar-refractivity contribution in [3.8, 4) is 5.69 Å². The fraction of sp³-hybridized carbons (Fsp3) is 0.222. The van der Waals surface area contributed by atoms with Gasteiger partial charge in [-0.25, -0.2) is 8.42 Å². The van der Waals surface area contributed by atoms with Crippen LogP contribution in [0, 0.1) is 0 Å². The third-order valence-corrected chi connectivity index (χ3v) is 3.13. The Kier molecular flexibility index (Phi) is 3.04. The van der Waals surface area contributed by atoms with E-state index in [2.05, 4.69) is 15.5 Å². The Labute approximate surface area is 105 Å². The Morgan fingerprint density at radius 1 is 1.21 bits per heavy atom. The van der Waals surface area contributed by atoms with Crippen LogP contribution in [0.15, 0.2) is 29.4 Å². The number of alkyl halides is 3. The minimum absolute atomic E-state index is 0.444. The van der Waals surface area contributed by atoms with Gasteiger partial charge in [0.2, 0.25) is 9.84 Å². The van der Waals surface area contributed by atoms with Crippen LogP contribution in [0.5, 0.6) is 0 Å². The second-order valence-corrected chi connectivity index (χ2v) is 5.57. The molecule has 2 aromatic rings. The monoisotopic (exact) mass is 292 g/mol. The zero-order chi connectivity index (χ0) is 14.3. The van der Waals surface area contributed by atoms with Crippen LogP contribution in [-0.4, -0.2) is 34.9 Å². The van der Waals surface area contributed by atoms with Gasteiger partial charge >= 0.3 is 6.18 Å². The highest BCUT2D eigenvalue weighted by Gasteiger charge is 2.35. The van der Waals surface area contributed by atoms with E-state index >= 15 is 0 Å². The average Bonchev–Trinajstić information content (AvgIpc) is 2.76.